The van der Waals surface area contributed by atoms with Crippen molar-refractivity contribution in [2.24, 2.45) is 11.3 Å². The van der Waals surface area contributed by atoms with Gasteiger partial charge in [0, 0.05) is 36.2 Å². The molecule has 1 saturated heterocycles. The van der Waals surface area contributed by atoms with Gasteiger partial charge in [-0.2, -0.15) is 0 Å². The molecule has 1 aliphatic carbocycles. The number of hydrogen-bond acceptors (Lipinski definition) is 7. The molecule has 0 unspecified atom stereocenters. The Hall–Kier alpha value is -2.38. The molecule has 1 aromatic rings. The van der Waals surface area contributed by atoms with Gasteiger partial charge >= 0.3 is 11.9 Å². The Morgan fingerprint density at radius 3 is 2.61 bits per heavy atom. The number of likely N-dealkylation sites (N-methyl/N-ethyl adjacent to an activating group) is 1. The van der Waals surface area contributed by atoms with Gasteiger partial charge in [0.15, 0.2) is 5.60 Å². The van der Waals surface area contributed by atoms with E-state index in [1.54, 1.807) is 0 Å². The van der Waals surface area contributed by atoms with Gasteiger partial charge in [0.1, 0.15) is 5.92 Å². The number of anilines is 1. The van der Waals surface area contributed by atoms with E-state index in [9.17, 15) is 14.7 Å². The third-order valence-electron chi connectivity index (χ3n) is 8.56. The number of carbonyl (C=O) groups excluding carboxylic acids is 2. The van der Waals surface area contributed by atoms with Crippen molar-refractivity contribution >= 4 is 17.6 Å². The highest BCUT2D eigenvalue weighted by atomic mass is 16.5. The Morgan fingerprint density at radius 2 is 1.94 bits per heavy atom. The van der Waals surface area contributed by atoms with E-state index >= 15 is 0 Å². The number of rotatable bonds is 3. The number of hydrogen-bond donors (Lipinski definition) is 1. The maximum atomic E-state index is 13.4. The summed E-state index contributed by atoms with van der Waals surface area (Å²) in [5.41, 5.74) is -1.23. The topological polar surface area (TPSA) is 79.3 Å². The number of esters is 2. The van der Waals surface area contributed by atoms with Crippen LogP contribution < -0.4 is 4.90 Å². The van der Waals surface area contributed by atoms with Gasteiger partial charge in [0.25, 0.3) is 0 Å². The summed E-state index contributed by atoms with van der Waals surface area (Å²) in [6.45, 7) is 3.65. The van der Waals surface area contributed by atoms with Gasteiger partial charge in [-0.15, -0.1) is 0 Å². The molecular weight excluding hydrogens is 396 g/mol. The van der Waals surface area contributed by atoms with Gasteiger partial charge in [0.05, 0.1) is 20.3 Å². The van der Waals surface area contributed by atoms with Gasteiger partial charge in [-0.05, 0) is 31.0 Å². The predicted molar refractivity (Wildman–Crippen MR) is 115 cm³/mol. The Labute approximate surface area is 182 Å². The van der Waals surface area contributed by atoms with Crippen molar-refractivity contribution in [1.29, 1.82) is 0 Å². The molecule has 3 heterocycles. The summed E-state index contributed by atoms with van der Waals surface area (Å²) in [5.74, 6) is -2.44. The summed E-state index contributed by atoms with van der Waals surface area (Å²) in [6, 6.07) is 7.45. The lowest BCUT2D eigenvalue weighted by molar-refractivity contribution is -0.209. The summed E-state index contributed by atoms with van der Waals surface area (Å²) in [5, 5.41) is 12.4. The molecule has 1 N–H and O–H groups in total. The molecule has 1 saturated carbocycles. The Bertz CT molecular complexity index is 978. The van der Waals surface area contributed by atoms with E-state index in [0.717, 1.165) is 30.8 Å². The van der Waals surface area contributed by atoms with Crippen molar-refractivity contribution in [3.8, 4) is 0 Å². The highest BCUT2D eigenvalue weighted by Gasteiger charge is 2.80. The quantitative estimate of drug-likeness (QED) is 0.580. The predicted octanol–water partition coefficient (Wildman–Crippen LogP) is 1.49. The fourth-order valence-corrected chi connectivity index (χ4v) is 7.74. The number of fused-ring (bicyclic) bond motifs is 1. The lowest BCUT2D eigenvalue weighted by Crippen LogP contribution is -2.80. The minimum Gasteiger partial charge on any atom is -0.469 e. The Kier molecular flexibility index (Phi) is 4.34. The summed E-state index contributed by atoms with van der Waals surface area (Å²) >= 11 is 0. The largest absolute Gasteiger partial charge is 0.469 e. The van der Waals surface area contributed by atoms with Crippen LogP contribution in [-0.4, -0.2) is 74.0 Å². The van der Waals surface area contributed by atoms with Crippen LogP contribution in [0.15, 0.2) is 36.4 Å². The summed E-state index contributed by atoms with van der Waals surface area (Å²) in [4.78, 5) is 31.2. The molecule has 31 heavy (non-hydrogen) atoms. The van der Waals surface area contributed by atoms with Gasteiger partial charge in [-0.25, -0.2) is 4.79 Å². The second-order valence-corrected chi connectivity index (χ2v) is 9.36. The molecule has 0 bridgehead atoms. The average Bonchev–Trinajstić information content (AvgIpc) is 3.30. The number of nitrogens with zero attached hydrogens (tertiary/aromatic N) is 2. The van der Waals surface area contributed by atoms with Crippen LogP contribution in [0.1, 0.15) is 25.3 Å². The maximum absolute atomic E-state index is 13.4. The molecule has 3 aliphatic heterocycles. The first kappa shape index (κ1) is 20.5. The van der Waals surface area contributed by atoms with E-state index in [0.29, 0.717) is 6.42 Å². The van der Waals surface area contributed by atoms with Gasteiger partial charge in [-0.3, -0.25) is 9.69 Å². The lowest BCUT2D eigenvalue weighted by Gasteiger charge is -2.63. The van der Waals surface area contributed by atoms with Crippen LogP contribution in [0, 0.1) is 11.3 Å². The van der Waals surface area contributed by atoms with E-state index in [-0.39, 0.29) is 6.04 Å². The maximum Gasteiger partial charge on any atom is 0.341 e. The first-order valence-corrected chi connectivity index (χ1v) is 11.0. The molecule has 2 fully saturated rings. The first-order chi connectivity index (χ1) is 14.8. The summed E-state index contributed by atoms with van der Waals surface area (Å²) < 4.78 is 10.4. The summed E-state index contributed by atoms with van der Waals surface area (Å²) in [7, 11) is 4.49. The van der Waals surface area contributed by atoms with Crippen LogP contribution in [0.25, 0.3) is 0 Å². The van der Waals surface area contributed by atoms with Gasteiger partial charge in [0.2, 0.25) is 0 Å². The van der Waals surface area contributed by atoms with Crippen molar-refractivity contribution in [2.45, 2.75) is 42.9 Å². The fraction of sp³-hybridized carbons (Fsp3) is 0.583. The molecule has 0 aromatic heterocycles. The molecule has 1 aromatic carbocycles. The molecule has 4 aliphatic rings. The van der Waals surface area contributed by atoms with Crippen molar-refractivity contribution in [3.05, 3.63) is 42.0 Å². The van der Waals surface area contributed by atoms with Crippen LogP contribution in [0.4, 0.5) is 5.69 Å². The first-order valence-electron chi connectivity index (χ1n) is 11.0. The molecule has 6 atom stereocenters. The molecule has 0 radical (unpaired) electrons. The Morgan fingerprint density at radius 1 is 1.19 bits per heavy atom. The molecule has 7 nitrogen and oxygen atoms in total. The third kappa shape index (κ3) is 2.11. The van der Waals surface area contributed by atoms with Crippen molar-refractivity contribution in [1.82, 2.24) is 4.90 Å². The smallest absolute Gasteiger partial charge is 0.341 e. The summed E-state index contributed by atoms with van der Waals surface area (Å²) in [6.07, 6.45) is 5.51. The minimum absolute atomic E-state index is 0.0415. The SMILES string of the molecule is CC[C@]12C=CCN3CC[C@]4(c5ccccc5N(C)[C@@H]4[C@@](O)(C(=O)OC)[C@H]1C(=O)OC)[C@@H]32. The fourth-order valence-electron chi connectivity index (χ4n) is 7.74. The van der Waals surface area contributed by atoms with Crippen LogP contribution >= 0.6 is 0 Å². The second-order valence-electron chi connectivity index (χ2n) is 9.36. The van der Waals surface area contributed by atoms with E-state index in [2.05, 4.69) is 23.1 Å². The van der Waals surface area contributed by atoms with Crippen molar-refractivity contribution < 1.29 is 24.2 Å². The van der Waals surface area contributed by atoms with E-state index in [1.165, 1.54) is 14.2 Å². The normalized spacial score (nSPS) is 40.2. The van der Waals surface area contributed by atoms with E-state index in [1.807, 2.05) is 37.1 Å². The van der Waals surface area contributed by atoms with Crippen molar-refractivity contribution in [3.63, 3.8) is 0 Å². The number of benzene rings is 1. The molecule has 7 heteroatoms. The zero-order valence-corrected chi connectivity index (χ0v) is 18.5. The zero-order valence-electron chi connectivity index (χ0n) is 18.5. The van der Waals surface area contributed by atoms with Crippen LogP contribution in [-0.2, 0) is 24.5 Å². The number of ether oxygens (including phenoxy) is 2. The van der Waals surface area contributed by atoms with Crippen LogP contribution in [0.3, 0.4) is 0 Å². The highest BCUT2D eigenvalue weighted by Crippen LogP contribution is 2.68. The molecule has 0 amide bonds. The number of carbonyl (C=O) groups is 2. The average molecular weight is 427 g/mol. The molecule has 166 valence electrons. The van der Waals surface area contributed by atoms with Gasteiger partial charge in [-0.1, -0.05) is 37.3 Å². The number of aliphatic hydroxyl groups is 1. The number of methoxy groups -OCH3 is 2. The van der Waals surface area contributed by atoms with Gasteiger partial charge < -0.3 is 19.5 Å². The Balaban J connectivity index is 1.90. The highest BCUT2D eigenvalue weighted by molar-refractivity contribution is 5.92. The number of para-hydroxylation sites is 1. The second kappa shape index (κ2) is 6.56. The molecule has 1 spiro atoms. The third-order valence-corrected chi connectivity index (χ3v) is 8.56. The zero-order chi connectivity index (χ0) is 22.2. The monoisotopic (exact) mass is 426 g/mol. The standard InChI is InChI=1S/C24H30N2O5/c1-5-22-11-8-13-26-14-12-23(19(22)26)15-9-6-7-10-16(15)25(2)20(23)24(29,21(28)31-4)17(22)18(27)30-3/h6-11,17,19-20,29H,5,12-14H2,1-4H3/t17-,19-,20-,22-,23-,24+/m0/s1. The van der Waals surface area contributed by atoms with Crippen LogP contribution in [0.5, 0.6) is 0 Å². The minimum atomic E-state index is -2.07. The molecule has 5 rings (SSSR count). The van der Waals surface area contributed by atoms with Crippen LogP contribution in [0.2, 0.25) is 0 Å². The van der Waals surface area contributed by atoms with E-state index < -0.39 is 40.3 Å². The lowest BCUT2D eigenvalue weighted by atomic mass is 9.45. The van der Waals surface area contributed by atoms with Crippen molar-refractivity contribution in [2.75, 3.05) is 39.3 Å². The molecular formula is C24H30N2O5. The van der Waals surface area contributed by atoms with E-state index in [4.69, 9.17) is 9.47 Å².